The highest BCUT2D eigenvalue weighted by molar-refractivity contribution is 5.80. The minimum Gasteiger partial charge on any atom is -0.443 e. The van der Waals surface area contributed by atoms with E-state index in [4.69, 9.17) is 4.74 Å². The number of hydrazine groups is 1. The first-order chi connectivity index (χ1) is 7.20. The first-order valence-corrected chi connectivity index (χ1v) is 4.38. The molecule has 94 valence electrons. The van der Waals surface area contributed by atoms with Crippen molar-refractivity contribution in [2.45, 2.75) is 33.0 Å². The molecule has 0 unspecified atom stereocenters. The van der Waals surface area contributed by atoms with Crippen LogP contribution in [-0.2, 0) is 14.3 Å². The van der Waals surface area contributed by atoms with Crippen molar-refractivity contribution in [3.8, 4) is 0 Å². The summed E-state index contributed by atoms with van der Waals surface area (Å²) in [5.74, 6) is -0.911. The molecule has 0 atom stereocenters. The van der Waals surface area contributed by atoms with Crippen LogP contribution in [0, 0.1) is 0 Å². The summed E-state index contributed by atoms with van der Waals surface area (Å²) < 4.78 is 31.5. The van der Waals surface area contributed by atoms with E-state index < -0.39 is 30.8 Å². The Morgan fingerprint density at radius 1 is 1.25 bits per heavy atom. The molecule has 0 aliphatic rings. The van der Waals surface area contributed by atoms with E-state index in [9.17, 15) is 18.4 Å². The van der Waals surface area contributed by atoms with E-state index in [2.05, 4.69) is 4.74 Å². The van der Waals surface area contributed by atoms with Gasteiger partial charge in [-0.25, -0.2) is 10.2 Å². The summed E-state index contributed by atoms with van der Waals surface area (Å²) in [6.07, 6.45) is -0.891. The molecule has 0 aliphatic heterocycles. The Morgan fingerprint density at radius 3 is 2.25 bits per heavy atom. The molecule has 0 aliphatic carbocycles. The number of rotatable bonds is 3. The highest BCUT2D eigenvalue weighted by Gasteiger charge is 2.16. The van der Waals surface area contributed by atoms with Gasteiger partial charge >= 0.3 is 12.7 Å². The van der Waals surface area contributed by atoms with Crippen molar-refractivity contribution < 1.29 is 27.8 Å². The van der Waals surface area contributed by atoms with Gasteiger partial charge in [0.15, 0.2) is 0 Å². The molecule has 0 heterocycles. The van der Waals surface area contributed by atoms with Gasteiger partial charge in [0.2, 0.25) is 0 Å². The maximum atomic E-state index is 11.5. The molecule has 0 fully saturated rings. The van der Waals surface area contributed by atoms with Crippen LogP contribution < -0.4 is 10.9 Å². The van der Waals surface area contributed by atoms with Crippen molar-refractivity contribution in [1.82, 2.24) is 10.9 Å². The van der Waals surface area contributed by atoms with Crippen LogP contribution in [-0.4, -0.2) is 30.8 Å². The second-order valence-electron chi connectivity index (χ2n) is 3.75. The van der Waals surface area contributed by atoms with Gasteiger partial charge in [-0.15, -0.1) is 0 Å². The molecule has 0 aromatic heterocycles. The normalized spacial score (nSPS) is 11.1. The summed E-state index contributed by atoms with van der Waals surface area (Å²) in [5.41, 5.74) is 3.00. The Labute approximate surface area is 91.2 Å². The maximum Gasteiger partial charge on any atom is 0.426 e. The van der Waals surface area contributed by atoms with Crippen LogP contribution in [0.4, 0.5) is 13.6 Å². The standard InChI is InChI=1S/C8H14F2N2O4/c1-8(2,3)16-7(14)12-11-5(13)4-15-6(9)10/h6H,4H2,1-3H3,(H,11,13)(H,12,14). The molecule has 2 N–H and O–H groups in total. The molecule has 2 amide bonds. The molecule has 8 heteroatoms. The SMILES string of the molecule is CC(C)(C)OC(=O)NNC(=O)COC(F)F. The van der Waals surface area contributed by atoms with Gasteiger partial charge in [0.05, 0.1) is 0 Å². The van der Waals surface area contributed by atoms with Crippen molar-refractivity contribution in [3.63, 3.8) is 0 Å². The Balaban J connectivity index is 3.72. The molecule has 0 aromatic rings. The quantitative estimate of drug-likeness (QED) is 0.715. The predicted octanol–water partition coefficient (Wildman–Crippen LogP) is 0.781. The van der Waals surface area contributed by atoms with Gasteiger partial charge in [-0.2, -0.15) is 8.78 Å². The molecule has 0 spiro atoms. The minimum absolute atomic E-state index is 0.714. The third-order valence-corrected chi connectivity index (χ3v) is 1.04. The molecule has 0 bridgehead atoms. The lowest BCUT2D eigenvalue weighted by atomic mass is 10.2. The summed E-state index contributed by atoms with van der Waals surface area (Å²) >= 11 is 0. The fraction of sp³-hybridized carbons (Fsp3) is 0.750. The van der Waals surface area contributed by atoms with Gasteiger partial charge in [-0.3, -0.25) is 10.2 Å². The van der Waals surface area contributed by atoms with Crippen molar-refractivity contribution in [2.24, 2.45) is 0 Å². The average molecular weight is 240 g/mol. The lowest BCUT2D eigenvalue weighted by molar-refractivity contribution is -0.152. The van der Waals surface area contributed by atoms with Crippen LogP contribution in [0.3, 0.4) is 0 Å². The van der Waals surface area contributed by atoms with Crippen LogP contribution in [0.1, 0.15) is 20.8 Å². The Hall–Kier alpha value is -1.44. The molecule has 0 radical (unpaired) electrons. The van der Waals surface area contributed by atoms with Crippen LogP contribution in [0.25, 0.3) is 0 Å². The average Bonchev–Trinajstić information content (AvgIpc) is 2.08. The Bertz CT molecular complexity index is 253. The number of halogens is 2. The largest absolute Gasteiger partial charge is 0.443 e. The molecular weight excluding hydrogens is 226 g/mol. The van der Waals surface area contributed by atoms with E-state index in [0.29, 0.717) is 0 Å². The molecule has 16 heavy (non-hydrogen) atoms. The Kier molecular flexibility index (Phi) is 5.65. The van der Waals surface area contributed by atoms with Crippen LogP contribution >= 0.6 is 0 Å². The second-order valence-corrected chi connectivity index (χ2v) is 3.75. The summed E-state index contributed by atoms with van der Waals surface area (Å²) in [6.45, 7) is 1.01. The van der Waals surface area contributed by atoms with Crippen LogP contribution in [0.5, 0.6) is 0 Å². The smallest absolute Gasteiger partial charge is 0.426 e. The van der Waals surface area contributed by atoms with Gasteiger partial charge < -0.3 is 9.47 Å². The predicted molar refractivity (Wildman–Crippen MR) is 49.5 cm³/mol. The van der Waals surface area contributed by atoms with Gasteiger partial charge in [0.25, 0.3) is 5.91 Å². The van der Waals surface area contributed by atoms with E-state index in [-0.39, 0.29) is 0 Å². The zero-order valence-electron chi connectivity index (χ0n) is 9.17. The highest BCUT2D eigenvalue weighted by atomic mass is 19.3. The van der Waals surface area contributed by atoms with E-state index in [1.165, 1.54) is 0 Å². The first kappa shape index (κ1) is 14.6. The van der Waals surface area contributed by atoms with Crippen molar-refractivity contribution >= 4 is 12.0 Å². The number of nitrogens with one attached hydrogen (secondary N) is 2. The van der Waals surface area contributed by atoms with Crippen molar-refractivity contribution in [1.29, 1.82) is 0 Å². The van der Waals surface area contributed by atoms with E-state index >= 15 is 0 Å². The molecule has 0 saturated heterocycles. The van der Waals surface area contributed by atoms with Crippen LogP contribution in [0.2, 0.25) is 0 Å². The third kappa shape index (κ3) is 9.13. The summed E-state index contributed by atoms with van der Waals surface area (Å²) in [6, 6.07) is 0. The lowest BCUT2D eigenvalue weighted by Gasteiger charge is -2.19. The molecule has 0 saturated carbocycles. The Morgan fingerprint density at radius 2 is 1.81 bits per heavy atom. The number of alkyl halides is 2. The summed E-state index contributed by atoms with van der Waals surface area (Å²) in [4.78, 5) is 21.7. The molecular formula is C8H14F2N2O4. The number of carbonyl (C=O) groups excluding carboxylic acids is 2. The molecule has 0 rings (SSSR count). The van der Waals surface area contributed by atoms with Gasteiger partial charge in [0, 0.05) is 0 Å². The van der Waals surface area contributed by atoms with E-state index in [0.717, 1.165) is 0 Å². The maximum absolute atomic E-state index is 11.5. The fourth-order valence-electron chi connectivity index (χ4n) is 0.599. The topological polar surface area (TPSA) is 76.7 Å². The van der Waals surface area contributed by atoms with Crippen molar-refractivity contribution in [2.75, 3.05) is 6.61 Å². The van der Waals surface area contributed by atoms with Crippen LogP contribution in [0.15, 0.2) is 0 Å². The second kappa shape index (κ2) is 6.21. The monoisotopic (exact) mass is 240 g/mol. The number of ether oxygens (including phenoxy) is 2. The lowest BCUT2D eigenvalue weighted by Crippen LogP contribution is -2.45. The molecule has 0 aromatic carbocycles. The number of amides is 2. The summed E-state index contributed by atoms with van der Waals surface area (Å²) in [5, 5.41) is 0. The van der Waals surface area contributed by atoms with Gasteiger partial charge in [-0.1, -0.05) is 0 Å². The van der Waals surface area contributed by atoms with Gasteiger partial charge in [0.1, 0.15) is 12.2 Å². The first-order valence-electron chi connectivity index (χ1n) is 4.38. The number of carbonyl (C=O) groups is 2. The third-order valence-electron chi connectivity index (χ3n) is 1.04. The summed E-state index contributed by atoms with van der Waals surface area (Å²) in [7, 11) is 0. The number of hydrogen-bond acceptors (Lipinski definition) is 4. The van der Waals surface area contributed by atoms with E-state index in [1.807, 2.05) is 10.9 Å². The minimum atomic E-state index is -3.03. The zero-order chi connectivity index (χ0) is 12.8. The zero-order valence-corrected chi connectivity index (χ0v) is 9.17. The molecule has 6 nitrogen and oxygen atoms in total. The van der Waals surface area contributed by atoms with Gasteiger partial charge in [-0.05, 0) is 20.8 Å². The van der Waals surface area contributed by atoms with Crippen molar-refractivity contribution in [3.05, 3.63) is 0 Å². The highest BCUT2D eigenvalue weighted by Crippen LogP contribution is 2.05. The van der Waals surface area contributed by atoms with E-state index in [1.54, 1.807) is 20.8 Å². The number of hydrogen-bond donors (Lipinski definition) is 2. The fourth-order valence-corrected chi connectivity index (χ4v) is 0.599.